The molecule has 2 aliphatic rings. The van der Waals surface area contributed by atoms with E-state index in [9.17, 15) is 19.7 Å². The molecule has 2 aliphatic heterocycles. The van der Waals surface area contributed by atoms with Gasteiger partial charge in [-0.25, -0.2) is 0 Å². The molecule has 2 aromatic rings. The molecule has 4 rings (SSSR count). The topological polar surface area (TPSA) is 83.8 Å². The van der Waals surface area contributed by atoms with Gasteiger partial charge in [0.15, 0.2) is 0 Å². The minimum absolute atomic E-state index is 0.0553. The van der Waals surface area contributed by atoms with Crippen LogP contribution in [0.1, 0.15) is 30.5 Å². The quantitative estimate of drug-likeness (QED) is 0.454. The lowest BCUT2D eigenvalue weighted by Crippen LogP contribution is -2.40. The molecule has 148 valence electrons. The highest BCUT2D eigenvalue weighted by atomic mass is 16.6. The van der Waals surface area contributed by atoms with Crippen LogP contribution in [-0.4, -0.2) is 39.1 Å². The number of imide groups is 1. The zero-order valence-electron chi connectivity index (χ0n) is 16.3. The lowest BCUT2D eigenvalue weighted by molar-refractivity contribution is -0.384. The minimum atomic E-state index is -0.483. The van der Waals surface area contributed by atoms with E-state index in [2.05, 4.69) is 6.07 Å². The van der Waals surface area contributed by atoms with Crippen LogP contribution >= 0.6 is 0 Å². The first-order valence-electron chi connectivity index (χ1n) is 9.57. The summed E-state index contributed by atoms with van der Waals surface area (Å²) in [7, 11) is 0. The second-order valence-electron chi connectivity index (χ2n) is 7.54. The molecule has 2 amide bonds. The van der Waals surface area contributed by atoms with Crippen molar-refractivity contribution in [1.29, 1.82) is 0 Å². The summed E-state index contributed by atoms with van der Waals surface area (Å²) in [4.78, 5) is 40.1. The second kappa shape index (κ2) is 7.16. The third-order valence-electron chi connectivity index (χ3n) is 5.42. The smallest absolute Gasteiger partial charge is 0.278 e. The van der Waals surface area contributed by atoms with Crippen molar-refractivity contribution in [1.82, 2.24) is 9.80 Å². The van der Waals surface area contributed by atoms with Gasteiger partial charge in [-0.3, -0.25) is 24.6 Å². The Kier molecular flexibility index (Phi) is 4.66. The van der Waals surface area contributed by atoms with Gasteiger partial charge in [0.1, 0.15) is 5.70 Å². The maximum atomic E-state index is 13.2. The van der Waals surface area contributed by atoms with E-state index in [0.29, 0.717) is 29.9 Å². The highest BCUT2D eigenvalue weighted by Gasteiger charge is 2.43. The highest BCUT2D eigenvalue weighted by Crippen LogP contribution is 2.35. The fraction of sp³-hybridized carbons (Fsp3) is 0.273. The third kappa shape index (κ3) is 3.18. The van der Waals surface area contributed by atoms with Crippen LogP contribution in [0.25, 0.3) is 5.57 Å². The number of nitrogens with zero attached hydrogens (tertiary/aromatic N) is 3. The molecule has 0 aromatic heterocycles. The van der Waals surface area contributed by atoms with Crippen molar-refractivity contribution in [2.24, 2.45) is 0 Å². The van der Waals surface area contributed by atoms with E-state index in [1.807, 2.05) is 23.1 Å². The minimum Gasteiger partial charge on any atom is -0.362 e. The fourth-order valence-electron chi connectivity index (χ4n) is 3.99. The molecule has 7 nitrogen and oxygen atoms in total. The lowest BCUT2D eigenvalue weighted by Gasteiger charge is -2.31. The summed E-state index contributed by atoms with van der Waals surface area (Å²) in [5, 5.41) is 11.0. The van der Waals surface area contributed by atoms with Gasteiger partial charge in [0.05, 0.1) is 10.5 Å². The van der Waals surface area contributed by atoms with Crippen LogP contribution in [0.15, 0.2) is 54.2 Å². The Bertz CT molecular complexity index is 1040. The number of hydrogen-bond donors (Lipinski definition) is 0. The summed E-state index contributed by atoms with van der Waals surface area (Å²) in [5.41, 5.74) is 3.55. The first-order chi connectivity index (χ1) is 13.9. The van der Waals surface area contributed by atoms with Crippen molar-refractivity contribution in [2.45, 2.75) is 32.9 Å². The van der Waals surface area contributed by atoms with Gasteiger partial charge in [-0.1, -0.05) is 24.3 Å². The summed E-state index contributed by atoms with van der Waals surface area (Å²) in [6, 6.07) is 13.6. The van der Waals surface area contributed by atoms with Crippen molar-refractivity contribution >= 4 is 23.1 Å². The van der Waals surface area contributed by atoms with Gasteiger partial charge in [-0.15, -0.1) is 0 Å². The van der Waals surface area contributed by atoms with Crippen LogP contribution in [0.2, 0.25) is 0 Å². The van der Waals surface area contributed by atoms with Crippen LogP contribution in [0, 0.1) is 10.1 Å². The Morgan fingerprint density at radius 1 is 0.966 bits per heavy atom. The summed E-state index contributed by atoms with van der Waals surface area (Å²) in [6.45, 7) is 4.79. The van der Waals surface area contributed by atoms with E-state index >= 15 is 0 Å². The van der Waals surface area contributed by atoms with Crippen molar-refractivity contribution < 1.29 is 14.5 Å². The molecule has 0 unspecified atom stereocenters. The SMILES string of the molecule is CC(C)N1C(=O)C(c2ccc([N+](=O)[O-])cc2)=C(N2CCc3ccccc3C2)C1=O. The van der Waals surface area contributed by atoms with E-state index in [1.54, 1.807) is 26.0 Å². The second-order valence-corrected chi connectivity index (χ2v) is 7.54. The molecular weight excluding hydrogens is 370 g/mol. The highest BCUT2D eigenvalue weighted by molar-refractivity contribution is 6.35. The van der Waals surface area contributed by atoms with Crippen LogP contribution in [-0.2, 0) is 22.6 Å². The normalized spacial score (nSPS) is 16.7. The molecule has 2 heterocycles. The predicted octanol–water partition coefficient (Wildman–Crippen LogP) is 3.14. The summed E-state index contributed by atoms with van der Waals surface area (Å²) in [6.07, 6.45) is 0.788. The molecule has 0 saturated carbocycles. The molecule has 0 bridgehead atoms. The van der Waals surface area contributed by atoms with Crippen LogP contribution in [0.4, 0.5) is 5.69 Å². The molecule has 0 aliphatic carbocycles. The van der Waals surface area contributed by atoms with E-state index in [-0.39, 0.29) is 23.5 Å². The number of amides is 2. The van der Waals surface area contributed by atoms with Crippen molar-refractivity contribution in [2.75, 3.05) is 6.54 Å². The number of nitro groups is 1. The average molecular weight is 391 g/mol. The molecule has 0 atom stereocenters. The first kappa shape index (κ1) is 18.9. The molecule has 0 radical (unpaired) electrons. The van der Waals surface area contributed by atoms with Crippen molar-refractivity contribution in [3.05, 3.63) is 81.0 Å². The average Bonchev–Trinajstić information content (AvgIpc) is 2.97. The Morgan fingerprint density at radius 2 is 1.62 bits per heavy atom. The van der Waals surface area contributed by atoms with Gasteiger partial charge in [-0.2, -0.15) is 0 Å². The Morgan fingerprint density at radius 3 is 2.24 bits per heavy atom. The van der Waals surface area contributed by atoms with Gasteiger partial charge in [0.2, 0.25) is 0 Å². The molecular formula is C22H21N3O4. The lowest BCUT2D eigenvalue weighted by atomic mass is 9.98. The number of fused-ring (bicyclic) bond motifs is 1. The maximum Gasteiger partial charge on any atom is 0.278 e. The maximum absolute atomic E-state index is 13.2. The molecule has 0 saturated heterocycles. The molecule has 0 fully saturated rings. The number of carbonyl (C=O) groups excluding carboxylic acids is 2. The van der Waals surface area contributed by atoms with E-state index in [1.165, 1.54) is 22.6 Å². The standard InChI is InChI=1S/C22H21N3O4/c1-14(2)24-21(26)19(16-7-9-18(10-8-16)25(28)29)20(22(24)27)23-12-11-15-5-3-4-6-17(15)13-23/h3-10,14H,11-13H2,1-2H3. The van der Waals surface area contributed by atoms with Gasteiger partial charge >= 0.3 is 0 Å². The van der Waals surface area contributed by atoms with E-state index in [0.717, 1.165) is 12.0 Å². The molecule has 0 N–H and O–H groups in total. The Labute approximate surface area is 168 Å². The van der Waals surface area contributed by atoms with Crippen molar-refractivity contribution in [3.8, 4) is 0 Å². The number of nitro benzene ring substituents is 1. The predicted molar refractivity (Wildman–Crippen MR) is 108 cm³/mol. The van der Waals surface area contributed by atoms with Gasteiger partial charge in [0.25, 0.3) is 17.5 Å². The summed E-state index contributed by atoms with van der Waals surface area (Å²) >= 11 is 0. The number of benzene rings is 2. The number of rotatable bonds is 4. The number of non-ortho nitro benzene ring substituents is 1. The number of hydrogen-bond acceptors (Lipinski definition) is 5. The van der Waals surface area contributed by atoms with Crippen LogP contribution in [0.3, 0.4) is 0 Å². The molecule has 2 aromatic carbocycles. The molecule has 0 spiro atoms. The first-order valence-corrected chi connectivity index (χ1v) is 9.57. The Balaban J connectivity index is 1.80. The molecule has 29 heavy (non-hydrogen) atoms. The van der Waals surface area contributed by atoms with Crippen molar-refractivity contribution in [3.63, 3.8) is 0 Å². The zero-order valence-corrected chi connectivity index (χ0v) is 16.3. The van der Waals surface area contributed by atoms with E-state index < -0.39 is 4.92 Å². The van der Waals surface area contributed by atoms with Gasteiger partial charge < -0.3 is 4.90 Å². The zero-order chi connectivity index (χ0) is 20.7. The largest absolute Gasteiger partial charge is 0.362 e. The van der Waals surface area contributed by atoms with Gasteiger partial charge in [0, 0.05) is 31.3 Å². The summed E-state index contributed by atoms with van der Waals surface area (Å²) in [5.74, 6) is -0.662. The van der Waals surface area contributed by atoms with E-state index in [4.69, 9.17) is 0 Å². The van der Waals surface area contributed by atoms with Gasteiger partial charge in [-0.05, 0) is 49.1 Å². The van der Waals surface area contributed by atoms with Crippen LogP contribution < -0.4 is 0 Å². The monoisotopic (exact) mass is 391 g/mol. The molecule has 7 heteroatoms. The Hall–Kier alpha value is -3.48. The fourth-order valence-corrected chi connectivity index (χ4v) is 3.99. The summed E-state index contributed by atoms with van der Waals surface area (Å²) < 4.78 is 0. The number of carbonyl (C=O) groups is 2. The third-order valence-corrected chi connectivity index (χ3v) is 5.42. The van der Waals surface area contributed by atoms with Crippen LogP contribution in [0.5, 0.6) is 0 Å².